The predicted molar refractivity (Wildman–Crippen MR) is 68.4 cm³/mol. The Bertz CT molecular complexity index is 572. The molecular formula is C14H15NO3. The number of amides is 1. The van der Waals surface area contributed by atoms with Crippen molar-refractivity contribution in [2.75, 3.05) is 4.90 Å². The Morgan fingerprint density at radius 3 is 2.50 bits per heavy atom. The van der Waals surface area contributed by atoms with Crippen molar-refractivity contribution in [2.45, 2.75) is 27.2 Å². The van der Waals surface area contributed by atoms with Crippen LogP contribution in [0.25, 0.3) is 0 Å². The first-order valence-corrected chi connectivity index (χ1v) is 5.75. The zero-order valence-corrected chi connectivity index (χ0v) is 10.7. The van der Waals surface area contributed by atoms with Gasteiger partial charge in [-0.3, -0.25) is 9.69 Å². The number of benzene rings is 1. The van der Waals surface area contributed by atoms with Gasteiger partial charge in [0.15, 0.2) is 0 Å². The number of hydrogen-bond donors (Lipinski definition) is 1. The summed E-state index contributed by atoms with van der Waals surface area (Å²) in [4.78, 5) is 24.5. The fourth-order valence-electron chi connectivity index (χ4n) is 2.19. The van der Waals surface area contributed by atoms with Crippen LogP contribution in [0.1, 0.15) is 24.5 Å². The molecule has 1 aromatic carbocycles. The van der Waals surface area contributed by atoms with Gasteiger partial charge in [0.05, 0.1) is 17.7 Å². The number of allylic oxidation sites excluding steroid dienone is 1. The highest BCUT2D eigenvalue weighted by Crippen LogP contribution is 2.32. The van der Waals surface area contributed by atoms with Crippen LogP contribution < -0.4 is 4.90 Å². The first-order chi connectivity index (χ1) is 8.41. The molecule has 1 aliphatic heterocycles. The van der Waals surface area contributed by atoms with Crippen LogP contribution in [0.4, 0.5) is 5.69 Å². The minimum atomic E-state index is -1.02. The van der Waals surface area contributed by atoms with Crippen LogP contribution in [-0.4, -0.2) is 17.0 Å². The smallest absolute Gasteiger partial charge is 0.333 e. The standard InChI is InChI=1S/C14H15NO3/c1-8-4-5-9(2)12(6-8)15-10(3)11(14(17)18)7-13(15)16/h4-6H,7H2,1-3H3,(H,17,18). The van der Waals surface area contributed by atoms with Crippen LogP contribution >= 0.6 is 0 Å². The Kier molecular flexibility index (Phi) is 2.95. The summed E-state index contributed by atoms with van der Waals surface area (Å²) in [6.45, 7) is 5.53. The predicted octanol–water partition coefficient (Wildman–Crippen LogP) is 2.40. The van der Waals surface area contributed by atoms with E-state index in [1.54, 1.807) is 6.92 Å². The highest BCUT2D eigenvalue weighted by atomic mass is 16.4. The number of aryl methyl sites for hydroxylation is 2. The van der Waals surface area contributed by atoms with E-state index >= 15 is 0 Å². The van der Waals surface area contributed by atoms with Gasteiger partial charge in [-0.05, 0) is 38.0 Å². The number of carboxylic acids is 1. The Hall–Kier alpha value is -2.10. The highest BCUT2D eigenvalue weighted by Gasteiger charge is 2.32. The van der Waals surface area contributed by atoms with Crippen LogP contribution in [0.5, 0.6) is 0 Å². The lowest BCUT2D eigenvalue weighted by Gasteiger charge is -2.21. The molecule has 0 aromatic heterocycles. The third kappa shape index (κ3) is 1.90. The van der Waals surface area contributed by atoms with Crippen molar-refractivity contribution >= 4 is 17.6 Å². The van der Waals surface area contributed by atoms with E-state index in [1.807, 2.05) is 32.0 Å². The molecule has 18 heavy (non-hydrogen) atoms. The molecule has 1 heterocycles. The molecule has 2 rings (SSSR count). The maximum atomic E-state index is 12.0. The molecule has 0 atom stereocenters. The van der Waals surface area contributed by atoms with Gasteiger partial charge in [0.25, 0.3) is 0 Å². The molecule has 1 aromatic rings. The van der Waals surface area contributed by atoms with Crippen molar-refractivity contribution in [1.82, 2.24) is 0 Å². The second kappa shape index (κ2) is 4.29. The molecule has 1 amide bonds. The first-order valence-electron chi connectivity index (χ1n) is 5.75. The van der Waals surface area contributed by atoms with E-state index in [9.17, 15) is 9.59 Å². The molecule has 0 unspecified atom stereocenters. The maximum Gasteiger partial charge on any atom is 0.333 e. The molecule has 0 saturated heterocycles. The highest BCUT2D eigenvalue weighted by molar-refractivity contribution is 6.09. The average molecular weight is 245 g/mol. The lowest BCUT2D eigenvalue weighted by Crippen LogP contribution is -2.24. The molecule has 0 radical (unpaired) electrons. The Morgan fingerprint density at radius 1 is 1.28 bits per heavy atom. The molecule has 94 valence electrons. The number of rotatable bonds is 2. The van der Waals surface area contributed by atoms with Crippen LogP contribution in [0, 0.1) is 13.8 Å². The van der Waals surface area contributed by atoms with Crippen LogP contribution in [-0.2, 0) is 9.59 Å². The topological polar surface area (TPSA) is 57.6 Å². The van der Waals surface area contributed by atoms with E-state index in [0.717, 1.165) is 16.8 Å². The van der Waals surface area contributed by atoms with E-state index in [1.165, 1.54) is 4.90 Å². The molecule has 0 bridgehead atoms. The fourth-order valence-corrected chi connectivity index (χ4v) is 2.19. The van der Waals surface area contributed by atoms with Gasteiger partial charge < -0.3 is 5.11 Å². The largest absolute Gasteiger partial charge is 0.478 e. The quantitative estimate of drug-likeness (QED) is 0.870. The van der Waals surface area contributed by atoms with Gasteiger partial charge in [-0.15, -0.1) is 0 Å². The lowest BCUT2D eigenvalue weighted by atomic mass is 10.1. The van der Waals surface area contributed by atoms with Gasteiger partial charge in [0.2, 0.25) is 5.91 Å². The minimum absolute atomic E-state index is 0.0332. The molecule has 0 saturated carbocycles. The summed E-state index contributed by atoms with van der Waals surface area (Å²) in [7, 11) is 0. The number of aliphatic carboxylic acids is 1. The monoisotopic (exact) mass is 245 g/mol. The lowest BCUT2D eigenvalue weighted by molar-refractivity contribution is -0.133. The van der Waals surface area contributed by atoms with Crippen molar-refractivity contribution in [2.24, 2.45) is 0 Å². The van der Waals surface area contributed by atoms with Gasteiger partial charge in [-0.2, -0.15) is 0 Å². The number of anilines is 1. The van der Waals surface area contributed by atoms with Crippen molar-refractivity contribution in [3.63, 3.8) is 0 Å². The van der Waals surface area contributed by atoms with E-state index in [0.29, 0.717) is 5.70 Å². The number of hydrogen-bond acceptors (Lipinski definition) is 2. The van der Waals surface area contributed by atoms with E-state index in [4.69, 9.17) is 5.11 Å². The number of carbonyl (C=O) groups excluding carboxylic acids is 1. The zero-order valence-electron chi connectivity index (χ0n) is 10.7. The normalized spacial score (nSPS) is 15.5. The third-order valence-corrected chi connectivity index (χ3v) is 3.21. The summed E-state index contributed by atoms with van der Waals surface area (Å²) >= 11 is 0. The fraction of sp³-hybridized carbons (Fsp3) is 0.286. The van der Waals surface area contributed by atoms with Gasteiger partial charge in [0.1, 0.15) is 0 Å². The molecule has 1 aliphatic rings. The summed E-state index contributed by atoms with van der Waals surface area (Å²) < 4.78 is 0. The second-order valence-corrected chi connectivity index (χ2v) is 4.56. The van der Waals surface area contributed by atoms with Gasteiger partial charge in [-0.1, -0.05) is 12.1 Å². The summed E-state index contributed by atoms with van der Waals surface area (Å²) in [6.07, 6.45) is -0.0332. The van der Waals surface area contributed by atoms with Crippen LogP contribution in [0.15, 0.2) is 29.5 Å². The first kappa shape index (κ1) is 12.4. The summed E-state index contributed by atoms with van der Waals surface area (Å²) in [5, 5.41) is 9.05. The maximum absolute atomic E-state index is 12.0. The summed E-state index contributed by atoms with van der Waals surface area (Å²) in [5.74, 6) is -1.20. The molecule has 4 heteroatoms. The van der Waals surface area contributed by atoms with Gasteiger partial charge >= 0.3 is 5.97 Å². The number of nitrogens with zero attached hydrogens (tertiary/aromatic N) is 1. The third-order valence-electron chi connectivity index (χ3n) is 3.21. The molecule has 0 fully saturated rings. The zero-order chi connectivity index (χ0) is 13.4. The molecule has 4 nitrogen and oxygen atoms in total. The Morgan fingerprint density at radius 2 is 1.94 bits per heavy atom. The second-order valence-electron chi connectivity index (χ2n) is 4.56. The number of carboxylic acid groups (broad SMARTS) is 1. The minimum Gasteiger partial charge on any atom is -0.478 e. The SMILES string of the molecule is CC1=C(C(=O)O)CC(=O)N1c1cc(C)ccc1C. The van der Waals surface area contributed by atoms with Crippen molar-refractivity contribution in [1.29, 1.82) is 0 Å². The van der Waals surface area contributed by atoms with Crippen LogP contribution in [0.2, 0.25) is 0 Å². The van der Waals surface area contributed by atoms with Crippen molar-refractivity contribution in [3.8, 4) is 0 Å². The number of carbonyl (C=O) groups is 2. The van der Waals surface area contributed by atoms with E-state index in [-0.39, 0.29) is 17.9 Å². The molecular weight excluding hydrogens is 230 g/mol. The summed E-state index contributed by atoms with van der Waals surface area (Å²) in [5.41, 5.74) is 3.47. The van der Waals surface area contributed by atoms with Crippen molar-refractivity contribution in [3.05, 3.63) is 40.6 Å². The van der Waals surface area contributed by atoms with Crippen LogP contribution in [0.3, 0.4) is 0 Å². The van der Waals surface area contributed by atoms with Gasteiger partial charge in [-0.25, -0.2) is 4.79 Å². The van der Waals surface area contributed by atoms with Gasteiger partial charge in [0, 0.05) is 5.70 Å². The Balaban J connectivity index is 2.54. The molecule has 0 aliphatic carbocycles. The van der Waals surface area contributed by atoms with E-state index in [2.05, 4.69) is 0 Å². The van der Waals surface area contributed by atoms with E-state index < -0.39 is 5.97 Å². The molecule has 1 N–H and O–H groups in total. The Labute approximate surface area is 106 Å². The summed E-state index contributed by atoms with van der Waals surface area (Å²) in [6, 6.07) is 5.81. The van der Waals surface area contributed by atoms with Crippen molar-refractivity contribution < 1.29 is 14.7 Å². The molecule has 0 spiro atoms. The average Bonchev–Trinajstić information content (AvgIpc) is 2.58.